The van der Waals surface area contributed by atoms with Crippen LogP contribution >= 0.6 is 0 Å². The van der Waals surface area contributed by atoms with E-state index in [1.165, 1.54) is 0 Å². The van der Waals surface area contributed by atoms with Crippen molar-refractivity contribution in [2.45, 2.75) is 38.8 Å². The van der Waals surface area contributed by atoms with Crippen molar-refractivity contribution in [3.8, 4) is 0 Å². The Morgan fingerprint density at radius 3 is 2.39 bits per heavy atom. The lowest BCUT2D eigenvalue weighted by molar-refractivity contribution is -0.143. The highest BCUT2D eigenvalue weighted by molar-refractivity contribution is 5.79. The van der Waals surface area contributed by atoms with Crippen LogP contribution < -0.4 is 5.32 Å². The van der Waals surface area contributed by atoms with Gasteiger partial charge in [-0.25, -0.2) is 4.79 Å². The number of urea groups is 1. The number of carbonyl (C=O) groups excluding carboxylic acids is 2. The van der Waals surface area contributed by atoms with E-state index >= 15 is 0 Å². The number of likely N-dealkylation sites (tertiary alicyclic amines) is 2. The molecule has 0 spiro atoms. The smallest absolute Gasteiger partial charge is 0.318 e. The molecular weight excluding hydrogens is 296 g/mol. The highest BCUT2D eigenvalue weighted by atomic mass is 16.5. The van der Waals surface area contributed by atoms with Crippen molar-refractivity contribution >= 4 is 11.9 Å². The van der Waals surface area contributed by atoms with Crippen LogP contribution in [-0.4, -0.2) is 91.7 Å². The van der Waals surface area contributed by atoms with E-state index in [0.29, 0.717) is 26.2 Å². The van der Waals surface area contributed by atoms with Crippen molar-refractivity contribution in [3.05, 3.63) is 0 Å². The molecule has 2 heterocycles. The normalized spacial score (nSPS) is 20.2. The van der Waals surface area contributed by atoms with Gasteiger partial charge < -0.3 is 24.8 Å². The van der Waals surface area contributed by atoms with Crippen molar-refractivity contribution in [1.29, 1.82) is 0 Å². The number of nitrogens with one attached hydrogen (secondary N) is 1. The van der Waals surface area contributed by atoms with Crippen molar-refractivity contribution in [1.82, 2.24) is 20.0 Å². The summed E-state index contributed by atoms with van der Waals surface area (Å²) in [7, 11) is 2.12. The Bertz CT molecular complexity index is 404. The Balaban J connectivity index is 1.91. The van der Waals surface area contributed by atoms with Crippen LogP contribution in [0.4, 0.5) is 4.79 Å². The van der Waals surface area contributed by atoms with Gasteiger partial charge in [-0.15, -0.1) is 0 Å². The summed E-state index contributed by atoms with van der Waals surface area (Å²) < 4.78 is 5.17. The summed E-state index contributed by atoms with van der Waals surface area (Å²) in [5.41, 5.74) is 0. The zero-order valence-corrected chi connectivity index (χ0v) is 14.6. The fourth-order valence-corrected chi connectivity index (χ4v) is 3.26. The van der Waals surface area contributed by atoms with Gasteiger partial charge in [0.05, 0.1) is 6.04 Å². The number of hydrogen-bond acceptors (Lipinski definition) is 4. The fraction of sp³-hybridized carbons (Fsp3) is 0.875. The van der Waals surface area contributed by atoms with Crippen LogP contribution in [0.1, 0.15) is 26.7 Å². The number of hydrogen-bond donors (Lipinski definition) is 1. The molecule has 2 fully saturated rings. The number of piperidine rings is 1. The average Bonchev–Trinajstić information content (AvgIpc) is 2.49. The van der Waals surface area contributed by atoms with Gasteiger partial charge in [0.15, 0.2) is 0 Å². The first-order valence-electron chi connectivity index (χ1n) is 8.67. The molecule has 0 aromatic heterocycles. The second kappa shape index (κ2) is 8.49. The largest absolute Gasteiger partial charge is 0.372 e. The van der Waals surface area contributed by atoms with E-state index in [1.54, 1.807) is 4.90 Å². The van der Waals surface area contributed by atoms with Crippen LogP contribution in [0, 0.1) is 0 Å². The maximum atomic E-state index is 12.5. The maximum Gasteiger partial charge on any atom is 0.318 e. The van der Waals surface area contributed by atoms with Crippen molar-refractivity contribution in [2.75, 3.05) is 53.0 Å². The van der Waals surface area contributed by atoms with Crippen molar-refractivity contribution in [3.63, 3.8) is 0 Å². The molecule has 0 aromatic rings. The van der Waals surface area contributed by atoms with Gasteiger partial charge in [0.1, 0.15) is 6.61 Å². The molecule has 0 aliphatic carbocycles. The molecule has 23 heavy (non-hydrogen) atoms. The van der Waals surface area contributed by atoms with Crippen molar-refractivity contribution in [2.24, 2.45) is 0 Å². The highest BCUT2D eigenvalue weighted by Gasteiger charge is 2.40. The van der Waals surface area contributed by atoms with Gasteiger partial charge in [-0.2, -0.15) is 0 Å². The second-order valence-corrected chi connectivity index (χ2v) is 6.37. The quantitative estimate of drug-likeness (QED) is 0.765. The molecule has 7 heteroatoms. The van der Waals surface area contributed by atoms with E-state index in [2.05, 4.69) is 17.3 Å². The minimum absolute atomic E-state index is 0.00367. The topological polar surface area (TPSA) is 65.1 Å². The third kappa shape index (κ3) is 4.57. The molecular formula is C16H30N4O3. The van der Waals surface area contributed by atoms with Gasteiger partial charge in [-0.05, 0) is 46.8 Å². The Morgan fingerprint density at radius 1 is 1.17 bits per heavy atom. The van der Waals surface area contributed by atoms with E-state index in [0.717, 1.165) is 25.9 Å². The fourth-order valence-electron chi connectivity index (χ4n) is 3.26. The van der Waals surface area contributed by atoms with Gasteiger partial charge in [0.25, 0.3) is 0 Å². The molecule has 0 unspecified atom stereocenters. The van der Waals surface area contributed by atoms with Crippen LogP contribution in [0.15, 0.2) is 0 Å². The molecule has 2 saturated heterocycles. The van der Waals surface area contributed by atoms with E-state index in [-0.39, 0.29) is 30.6 Å². The molecule has 2 aliphatic heterocycles. The Morgan fingerprint density at radius 2 is 1.83 bits per heavy atom. The van der Waals surface area contributed by atoms with E-state index in [4.69, 9.17) is 4.74 Å². The molecule has 0 atom stereocenters. The molecule has 0 aromatic carbocycles. The predicted molar refractivity (Wildman–Crippen MR) is 88.3 cm³/mol. The summed E-state index contributed by atoms with van der Waals surface area (Å²) in [5.74, 6) is 0.0160. The lowest BCUT2D eigenvalue weighted by Gasteiger charge is -2.49. The van der Waals surface area contributed by atoms with Gasteiger partial charge in [-0.1, -0.05) is 0 Å². The number of ether oxygens (including phenoxy) is 1. The summed E-state index contributed by atoms with van der Waals surface area (Å²) in [5, 5.41) is 2.93. The molecule has 0 bridgehead atoms. The molecule has 1 N–H and O–H groups in total. The summed E-state index contributed by atoms with van der Waals surface area (Å²) in [6.45, 7) is 8.39. The maximum absolute atomic E-state index is 12.5. The summed E-state index contributed by atoms with van der Waals surface area (Å²) >= 11 is 0. The highest BCUT2D eigenvalue weighted by Crippen LogP contribution is 2.23. The molecule has 0 saturated carbocycles. The minimum atomic E-state index is 0.00367. The molecule has 3 amide bonds. The van der Waals surface area contributed by atoms with E-state index in [1.807, 2.05) is 18.7 Å². The first-order chi connectivity index (χ1) is 11.1. The van der Waals surface area contributed by atoms with Crippen LogP contribution in [0.2, 0.25) is 0 Å². The van der Waals surface area contributed by atoms with Crippen molar-refractivity contribution < 1.29 is 14.3 Å². The lowest BCUT2D eigenvalue weighted by Crippen LogP contribution is -2.67. The third-order valence-corrected chi connectivity index (χ3v) is 4.68. The van der Waals surface area contributed by atoms with Gasteiger partial charge >= 0.3 is 6.03 Å². The molecule has 7 nitrogen and oxygen atoms in total. The molecule has 132 valence electrons. The predicted octanol–water partition coefficient (Wildman–Crippen LogP) is 0.359. The number of amides is 3. The zero-order valence-electron chi connectivity index (χ0n) is 14.6. The summed E-state index contributed by atoms with van der Waals surface area (Å²) in [6, 6.07) is 0.399. The van der Waals surface area contributed by atoms with Gasteiger partial charge in [0, 0.05) is 32.3 Å². The van der Waals surface area contributed by atoms with E-state index < -0.39 is 0 Å². The zero-order chi connectivity index (χ0) is 16.8. The van der Waals surface area contributed by atoms with Gasteiger partial charge in [0.2, 0.25) is 5.91 Å². The second-order valence-electron chi connectivity index (χ2n) is 6.37. The molecule has 2 rings (SSSR count). The number of carbonyl (C=O) groups is 2. The van der Waals surface area contributed by atoms with Crippen LogP contribution in [0.25, 0.3) is 0 Å². The number of nitrogens with zero attached hydrogens (tertiary/aromatic N) is 3. The van der Waals surface area contributed by atoms with Crippen LogP contribution in [0.3, 0.4) is 0 Å². The van der Waals surface area contributed by atoms with Crippen LogP contribution in [-0.2, 0) is 9.53 Å². The SMILES string of the molecule is CCNC(=O)N(C1CCN(C)CC1)C1CN(C(=O)COCC)C1. The average molecular weight is 326 g/mol. The first kappa shape index (κ1) is 18.0. The Labute approximate surface area is 138 Å². The Hall–Kier alpha value is -1.34. The minimum Gasteiger partial charge on any atom is -0.372 e. The monoisotopic (exact) mass is 326 g/mol. The summed E-state index contributed by atoms with van der Waals surface area (Å²) in [6.07, 6.45) is 1.99. The number of rotatable bonds is 6. The molecule has 0 radical (unpaired) electrons. The van der Waals surface area contributed by atoms with Gasteiger partial charge in [-0.3, -0.25) is 4.79 Å². The first-order valence-corrected chi connectivity index (χ1v) is 8.67. The Kier molecular flexibility index (Phi) is 6.65. The van der Waals surface area contributed by atoms with Crippen LogP contribution in [0.5, 0.6) is 0 Å². The third-order valence-electron chi connectivity index (χ3n) is 4.68. The molecule has 2 aliphatic rings. The summed E-state index contributed by atoms with van der Waals surface area (Å²) in [4.78, 5) is 30.5. The standard InChI is InChI=1S/C16H30N4O3/c1-4-17-16(22)20(13-6-8-18(3)9-7-13)14-10-19(11-14)15(21)12-23-5-2/h13-14H,4-12H2,1-3H3,(H,17,22). The van der Waals surface area contributed by atoms with E-state index in [9.17, 15) is 9.59 Å². The lowest BCUT2D eigenvalue weighted by atomic mass is 9.98.